The summed E-state index contributed by atoms with van der Waals surface area (Å²) in [6.45, 7) is 8.74. The van der Waals surface area contributed by atoms with Crippen LogP contribution >= 0.6 is 0 Å². The van der Waals surface area contributed by atoms with E-state index >= 15 is 0 Å². The maximum Gasteiger partial charge on any atom is 0.191 e. The first-order chi connectivity index (χ1) is 11.1. The van der Waals surface area contributed by atoms with Crippen molar-refractivity contribution in [3.63, 3.8) is 0 Å². The van der Waals surface area contributed by atoms with Crippen LogP contribution in [-0.2, 0) is 11.2 Å². The van der Waals surface area contributed by atoms with E-state index in [1.165, 1.54) is 6.42 Å². The molecule has 3 rings (SSSR count). The van der Waals surface area contributed by atoms with E-state index in [9.17, 15) is 0 Å². The molecule has 2 aliphatic rings. The maximum atomic E-state index is 5.44. The molecule has 1 aromatic rings. The van der Waals surface area contributed by atoms with Crippen LogP contribution in [0.4, 0.5) is 0 Å². The highest BCUT2D eigenvalue weighted by Gasteiger charge is 2.54. The molecule has 0 spiro atoms. The molecule has 1 aromatic carbocycles. The molecule has 4 nitrogen and oxygen atoms in total. The topological polar surface area (TPSA) is 45.7 Å². The van der Waals surface area contributed by atoms with Crippen LogP contribution in [0.25, 0.3) is 0 Å². The van der Waals surface area contributed by atoms with Crippen molar-refractivity contribution < 1.29 is 4.74 Å². The van der Waals surface area contributed by atoms with Gasteiger partial charge < -0.3 is 15.4 Å². The van der Waals surface area contributed by atoms with E-state index < -0.39 is 0 Å². The summed E-state index contributed by atoms with van der Waals surface area (Å²) >= 11 is 0. The predicted octanol–water partition coefficient (Wildman–Crippen LogP) is 2.55. The molecule has 0 saturated heterocycles. The van der Waals surface area contributed by atoms with Crippen molar-refractivity contribution in [3.05, 3.63) is 35.4 Å². The summed E-state index contributed by atoms with van der Waals surface area (Å²) in [5.41, 5.74) is 2.91. The summed E-state index contributed by atoms with van der Waals surface area (Å²) in [5, 5.41) is 6.85. The number of nitrogens with one attached hydrogen (secondary N) is 2. The third-order valence-electron chi connectivity index (χ3n) is 5.22. The quantitative estimate of drug-likeness (QED) is 0.626. The lowest BCUT2D eigenvalue weighted by Gasteiger charge is -2.21. The number of hydrogen-bond donors (Lipinski definition) is 2. The van der Waals surface area contributed by atoms with Gasteiger partial charge in [0, 0.05) is 20.2 Å². The summed E-state index contributed by atoms with van der Waals surface area (Å²) < 4.78 is 5.44. The van der Waals surface area contributed by atoms with Gasteiger partial charge in [0.15, 0.2) is 5.96 Å². The zero-order valence-electron chi connectivity index (χ0n) is 14.7. The smallest absolute Gasteiger partial charge is 0.191 e. The zero-order valence-corrected chi connectivity index (χ0v) is 14.7. The predicted molar refractivity (Wildman–Crippen MR) is 94.9 cm³/mol. The Kier molecular flexibility index (Phi) is 4.62. The number of ether oxygens (including phenoxy) is 1. The van der Waals surface area contributed by atoms with Crippen molar-refractivity contribution in [2.45, 2.75) is 38.7 Å². The lowest BCUT2D eigenvalue weighted by atomic mass is 10.0. The number of hydrogen-bond acceptors (Lipinski definition) is 2. The van der Waals surface area contributed by atoms with Gasteiger partial charge in [-0.25, -0.2) is 0 Å². The van der Waals surface area contributed by atoms with Gasteiger partial charge in [-0.2, -0.15) is 0 Å². The first-order valence-corrected chi connectivity index (χ1v) is 8.71. The Bertz CT molecular complexity index is 582. The summed E-state index contributed by atoms with van der Waals surface area (Å²) in [7, 11) is 1.73. The molecule has 3 atom stereocenters. The number of aliphatic imine (C=N–C) groups is 1. The molecule has 0 radical (unpaired) electrons. The van der Waals surface area contributed by atoms with Crippen LogP contribution in [0.5, 0.6) is 0 Å². The minimum atomic E-state index is -0.225. The molecule has 126 valence electrons. The molecule has 2 aliphatic carbocycles. The van der Waals surface area contributed by atoms with Gasteiger partial charge in [0.1, 0.15) is 0 Å². The van der Waals surface area contributed by atoms with E-state index in [0.717, 1.165) is 36.8 Å². The fourth-order valence-corrected chi connectivity index (χ4v) is 3.65. The Morgan fingerprint density at radius 3 is 2.83 bits per heavy atom. The highest BCUT2D eigenvalue weighted by Crippen LogP contribution is 2.60. The summed E-state index contributed by atoms with van der Waals surface area (Å²) in [5.74, 6) is 3.25. The molecule has 0 aromatic heterocycles. The molecule has 1 saturated carbocycles. The van der Waals surface area contributed by atoms with Gasteiger partial charge in [0.25, 0.3) is 0 Å². The van der Waals surface area contributed by atoms with Crippen LogP contribution in [-0.4, -0.2) is 38.3 Å². The highest BCUT2D eigenvalue weighted by molar-refractivity contribution is 5.79. The van der Waals surface area contributed by atoms with Gasteiger partial charge >= 0.3 is 0 Å². The molecule has 2 N–H and O–H groups in total. The van der Waals surface area contributed by atoms with Gasteiger partial charge in [0.05, 0.1) is 12.1 Å². The Balaban J connectivity index is 1.54. The molecule has 0 aliphatic heterocycles. The van der Waals surface area contributed by atoms with Crippen molar-refractivity contribution in [2.24, 2.45) is 16.8 Å². The third kappa shape index (κ3) is 3.52. The van der Waals surface area contributed by atoms with E-state index in [1.54, 1.807) is 18.2 Å². The number of rotatable bonds is 6. The SMILES string of the molecule is CCNC(=NCC(C)(C)OC)NCC1C2Cc3ccccc3C12. The average molecular weight is 315 g/mol. The van der Waals surface area contributed by atoms with E-state index in [4.69, 9.17) is 4.74 Å². The van der Waals surface area contributed by atoms with Crippen LogP contribution in [0.2, 0.25) is 0 Å². The second-order valence-corrected chi connectivity index (χ2v) is 7.30. The van der Waals surface area contributed by atoms with Crippen LogP contribution in [0.1, 0.15) is 37.8 Å². The van der Waals surface area contributed by atoms with Crippen LogP contribution in [0.15, 0.2) is 29.3 Å². The normalized spacial score (nSPS) is 25.7. The first-order valence-electron chi connectivity index (χ1n) is 8.71. The van der Waals surface area contributed by atoms with Gasteiger partial charge in [0.2, 0.25) is 0 Å². The fourth-order valence-electron chi connectivity index (χ4n) is 3.65. The molecule has 3 unspecified atom stereocenters. The Morgan fingerprint density at radius 2 is 2.09 bits per heavy atom. The largest absolute Gasteiger partial charge is 0.377 e. The molecule has 0 heterocycles. The van der Waals surface area contributed by atoms with Crippen LogP contribution < -0.4 is 10.6 Å². The monoisotopic (exact) mass is 315 g/mol. The molecule has 0 bridgehead atoms. The zero-order chi connectivity index (χ0) is 16.4. The van der Waals surface area contributed by atoms with Crippen molar-refractivity contribution in [1.82, 2.24) is 10.6 Å². The molecular weight excluding hydrogens is 286 g/mol. The van der Waals surface area contributed by atoms with E-state index in [1.807, 2.05) is 0 Å². The third-order valence-corrected chi connectivity index (χ3v) is 5.22. The fraction of sp³-hybridized carbons (Fsp3) is 0.632. The standard InChI is InChI=1S/C19H29N3O/c1-5-20-18(22-12-19(2,3)23-4)21-11-16-15-10-13-8-6-7-9-14(13)17(15)16/h6-9,15-17H,5,10-12H2,1-4H3,(H2,20,21,22). The Labute approximate surface area is 139 Å². The average Bonchev–Trinajstić information content (AvgIpc) is 3.08. The van der Waals surface area contributed by atoms with E-state index in [-0.39, 0.29) is 5.60 Å². The second-order valence-electron chi connectivity index (χ2n) is 7.30. The molecule has 4 heteroatoms. The number of guanidine groups is 1. The second kappa shape index (κ2) is 6.52. The number of methoxy groups -OCH3 is 1. The van der Waals surface area contributed by atoms with Crippen molar-refractivity contribution in [3.8, 4) is 0 Å². The lowest BCUT2D eigenvalue weighted by molar-refractivity contribution is 0.0310. The number of fused-ring (bicyclic) bond motifs is 3. The van der Waals surface area contributed by atoms with Gasteiger partial charge in [-0.15, -0.1) is 0 Å². The van der Waals surface area contributed by atoms with Crippen molar-refractivity contribution in [2.75, 3.05) is 26.7 Å². The van der Waals surface area contributed by atoms with Crippen molar-refractivity contribution in [1.29, 1.82) is 0 Å². The van der Waals surface area contributed by atoms with E-state index in [0.29, 0.717) is 6.54 Å². The van der Waals surface area contributed by atoms with Crippen LogP contribution in [0.3, 0.4) is 0 Å². The Hall–Kier alpha value is -1.55. The van der Waals surface area contributed by atoms with Crippen LogP contribution in [0, 0.1) is 11.8 Å². The number of benzene rings is 1. The number of nitrogens with zero attached hydrogens (tertiary/aromatic N) is 1. The summed E-state index contributed by atoms with van der Waals surface area (Å²) in [6.07, 6.45) is 1.25. The van der Waals surface area contributed by atoms with E-state index in [2.05, 4.69) is 60.7 Å². The summed E-state index contributed by atoms with van der Waals surface area (Å²) in [6, 6.07) is 8.91. The van der Waals surface area contributed by atoms with Gasteiger partial charge in [-0.3, -0.25) is 4.99 Å². The molecule has 1 fully saturated rings. The Morgan fingerprint density at radius 1 is 1.30 bits per heavy atom. The lowest BCUT2D eigenvalue weighted by Crippen LogP contribution is -2.40. The van der Waals surface area contributed by atoms with Gasteiger partial charge in [-0.05, 0) is 56.1 Å². The van der Waals surface area contributed by atoms with Gasteiger partial charge in [-0.1, -0.05) is 24.3 Å². The highest BCUT2D eigenvalue weighted by atomic mass is 16.5. The molecular formula is C19H29N3O. The summed E-state index contributed by atoms with van der Waals surface area (Å²) in [4.78, 5) is 4.66. The minimum Gasteiger partial charge on any atom is -0.377 e. The maximum absolute atomic E-state index is 5.44. The minimum absolute atomic E-state index is 0.225. The van der Waals surface area contributed by atoms with Crippen molar-refractivity contribution >= 4 is 5.96 Å². The molecule has 0 amide bonds. The first kappa shape index (κ1) is 16.3. The molecule has 23 heavy (non-hydrogen) atoms.